The molecule has 9 amide bonds. The maximum Gasteiger partial charge on any atom is 0.246 e. The van der Waals surface area contributed by atoms with Crippen molar-refractivity contribution < 1.29 is 57.8 Å². The fourth-order valence-corrected chi connectivity index (χ4v) is 8.37. The summed E-state index contributed by atoms with van der Waals surface area (Å²) in [6.45, 7) is 6.58. The van der Waals surface area contributed by atoms with Crippen molar-refractivity contribution in [2.24, 2.45) is 40.7 Å². The smallest absolute Gasteiger partial charge is 0.246 e. The maximum atomic E-state index is 14.5. The number of thioether (sulfide) groups is 1. The number of nitrogens with one attached hydrogen (secondary N) is 5. The van der Waals surface area contributed by atoms with Gasteiger partial charge in [-0.25, -0.2) is 0 Å². The number of hydrogen-bond donors (Lipinski definition) is 10. The molecular formula is C46H72N10O12S. The molecule has 2 rings (SSSR count). The summed E-state index contributed by atoms with van der Waals surface area (Å²) in [5.41, 5.74) is 22.6. The first kappa shape index (κ1) is 59.0. The second-order valence-corrected chi connectivity index (χ2v) is 18.9. The number of benzene rings is 1. The average Bonchev–Trinajstić information content (AvgIpc) is 3.28. The lowest BCUT2D eigenvalue weighted by Gasteiger charge is -2.30. The topological polar surface area (TPSA) is 375 Å². The molecule has 1 fully saturated rings. The van der Waals surface area contributed by atoms with E-state index in [-0.39, 0.29) is 94.1 Å². The largest absolute Gasteiger partial charge is 0.508 e. The molecule has 0 bridgehead atoms. The molecule has 0 unspecified atom stereocenters. The third-order valence-electron chi connectivity index (χ3n) is 11.4. The number of carbonyl (C=O) groups excluding carboxylic acids is 11. The van der Waals surface area contributed by atoms with Crippen molar-refractivity contribution in [3.05, 3.63) is 29.8 Å². The zero-order valence-corrected chi connectivity index (χ0v) is 40.9. The average molecular weight is 989 g/mol. The summed E-state index contributed by atoms with van der Waals surface area (Å²) in [6, 6.07) is -0.358. The molecule has 1 heterocycles. The van der Waals surface area contributed by atoms with E-state index in [9.17, 15) is 57.8 Å². The van der Waals surface area contributed by atoms with Crippen molar-refractivity contribution in [3.8, 4) is 5.75 Å². The molecule has 0 aliphatic carbocycles. The van der Waals surface area contributed by atoms with E-state index in [2.05, 4.69) is 26.6 Å². The van der Waals surface area contributed by atoms with Gasteiger partial charge in [0.1, 0.15) is 23.9 Å². The third kappa shape index (κ3) is 22.3. The number of amides is 9. The van der Waals surface area contributed by atoms with Crippen molar-refractivity contribution in [2.45, 2.75) is 135 Å². The number of hydrogen-bond acceptors (Lipinski definition) is 14. The van der Waals surface area contributed by atoms with Crippen LogP contribution in [-0.2, 0) is 59.2 Å². The zero-order chi connectivity index (χ0) is 51.8. The SMILES string of the molecule is CC[C@H](C)[C@@H]1NC(=O)[C@H](Cc2ccc(O)cc2)NC(=O)CCCSC[C@@H](C(=O)N(CCCN)CC(=O)N[C@@H](CC(C)C)C(=O)CCC(N)=O)NC(=O)[C@H](CC(N)=O)CC(=O)[C@H](CCC(N)=O)NC1=O. The predicted octanol–water partition coefficient (Wildman–Crippen LogP) is -1.29. The van der Waals surface area contributed by atoms with Crippen LogP contribution in [0.1, 0.15) is 104 Å². The van der Waals surface area contributed by atoms with Crippen LogP contribution in [0, 0.1) is 17.8 Å². The molecule has 69 heavy (non-hydrogen) atoms. The van der Waals surface area contributed by atoms with Gasteiger partial charge in [0.05, 0.1) is 24.5 Å². The zero-order valence-electron chi connectivity index (χ0n) is 40.1. The van der Waals surface area contributed by atoms with Crippen LogP contribution in [0.2, 0.25) is 0 Å². The summed E-state index contributed by atoms with van der Waals surface area (Å²) in [6.07, 6.45) is -1.60. The highest BCUT2D eigenvalue weighted by atomic mass is 32.2. The molecule has 14 N–H and O–H groups in total. The molecule has 1 saturated heterocycles. The Morgan fingerprint density at radius 1 is 0.841 bits per heavy atom. The number of carbonyl (C=O) groups is 11. The summed E-state index contributed by atoms with van der Waals surface area (Å²) in [5, 5.41) is 23.2. The number of rotatable bonds is 22. The lowest BCUT2D eigenvalue weighted by Crippen LogP contribution is -2.58. The van der Waals surface area contributed by atoms with Crippen LogP contribution >= 0.6 is 11.8 Å². The Kier molecular flexibility index (Phi) is 26.0. The van der Waals surface area contributed by atoms with Gasteiger partial charge in [0, 0.05) is 57.2 Å². The normalized spacial score (nSPS) is 21.1. The van der Waals surface area contributed by atoms with E-state index >= 15 is 0 Å². The van der Waals surface area contributed by atoms with Gasteiger partial charge in [-0.15, -0.1) is 0 Å². The number of aromatic hydroxyl groups is 1. The molecule has 7 atom stereocenters. The summed E-state index contributed by atoms with van der Waals surface area (Å²) in [4.78, 5) is 148. The molecule has 22 nitrogen and oxygen atoms in total. The molecule has 1 aliphatic rings. The lowest BCUT2D eigenvalue weighted by molar-refractivity contribution is -0.141. The van der Waals surface area contributed by atoms with E-state index in [4.69, 9.17) is 22.9 Å². The first-order chi connectivity index (χ1) is 32.5. The van der Waals surface area contributed by atoms with Gasteiger partial charge in [-0.1, -0.05) is 46.2 Å². The summed E-state index contributed by atoms with van der Waals surface area (Å²) >= 11 is 1.17. The van der Waals surface area contributed by atoms with Crippen molar-refractivity contribution >= 4 is 76.5 Å². The standard InChI is InChI=1S/C46H72N10O12S/c1-5-27(4)42-45(67)53-31(13-15-37(48)60)36(59)22-29(23-39(50)62)43(65)54-34(25-69-19-6-8-40(63)52-33(44(66)55-42)21-28-9-11-30(57)12-10-28)46(68)56(18-7-17-47)24-41(64)51-32(20-26(2)3)35(58)14-16-38(49)61/h9-12,26-27,29,31-34,42,57H,5-8,13-25,47H2,1-4H3,(H2,48,60)(H2,49,61)(H2,50,62)(H,51,64)(H,52,63)(H,53,67)(H,54,65)(H,55,66)/t27-,29-,31-,32-,33-,34-,42-/m0/s1. The molecule has 1 aliphatic heterocycles. The van der Waals surface area contributed by atoms with Crippen molar-refractivity contribution in [1.82, 2.24) is 31.5 Å². The monoisotopic (exact) mass is 989 g/mol. The fourth-order valence-electron chi connectivity index (χ4n) is 7.39. The molecule has 0 aromatic heterocycles. The van der Waals surface area contributed by atoms with Gasteiger partial charge < -0.3 is 59.5 Å². The highest BCUT2D eigenvalue weighted by molar-refractivity contribution is 7.99. The Bertz CT molecular complexity index is 1970. The van der Waals surface area contributed by atoms with Gasteiger partial charge in [0.2, 0.25) is 53.2 Å². The van der Waals surface area contributed by atoms with E-state index in [1.54, 1.807) is 26.0 Å². The molecule has 384 valence electrons. The van der Waals surface area contributed by atoms with Crippen molar-refractivity contribution in [1.29, 1.82) is 0 Å². The van der Waals surface area contributed by atoms with Crippen LogP contribution in [0.3, 0.4) is 0 Å². The van der Waals surface area contributed by atoms with Gasteiger partial charge in [0.25, 0.3) is 0 Å². The minimum atomic E-state index is -1.49. The second-order valence-electron chi connectivity index (χ2n) is 17.8. The number of Topliss-reactive ketones (excluding diaryl/α,β-unsaturated/α-hetero) is 2. The molecular weight excluding hydrogens is 917 g/mol. The van der Waals surface area contributed by atoms with E-state index in [1.165, 1.54) is 23.9 Å². The minimum absolute atomic E-state index is 0.0220. The summed E-state index contributed by atoms with van der Waals surface area (Å²) in [5.74, 6) is -10.2. The van der Waals surface area contributed by atoms with Gasteiger partial charge in [0.15, 0.2) is 11.6 Å². The Labute approximate surface area is 407 Å². The van der Waals surface area contributed by atoms with E-state index in [1.807, 2.05) is 13.8 Å². The predicted molar refractivity (Wildman–Crippen MR) is 256 cm³/mol. The highest BCUT2D eigenvalue weighted by Crippen LogP contribution is 2.19. The molecule has 23 heteroatoms. The van der Waals surface area contributed by atoms with Gasteiger partial charge in [-0.05, 0) is 67.5 Å². The van der Waals surface area contributed by atoms with Gasteiger partial charge >= 0.3 is 0 Å². The fraction of sp³-hybridized carbons (Fsp3) is 0.630. The van der Waals surface area contributed by atoms with E-state index in [0.717, 1.165) is 4.90 Å². The first-order valence-corrected chi connectivity index (χ1v) is 24.4. The van der Waals surface area contributed by atoms with Crippen LogP contribution in [0.4, 0.5) is 0 Å². The van der Waals surface area contributed by atoms with Crippen LogP contribution in [0.15, 0.2) is 24.3 Å². The molecule has 0 radical (unpaired) electrons. The number of phenolic OH excluding ortho intramolecular Hbond substituents is 1. The molecule has 1 aromatic rings. The number of phenols is 1. The van der Waals surface area contributed by atoms with Crippen LogP contribution < -0.4 is 49.5 Å². The highest BCUT2D eigenvalue weighted by Gasteiger charge is 2.36. The van der Waals surface area contributed by atoms with Crippen molar-refractivity contribution in [3.63, 3.8) is 0 Å². The number of primary amides is 3. The van der Waals surface area contributed by atoms with Crippen LogP contribution in [-0.4, -0.2) is 136 Å². The van der Waals surface area contributed by atoms with E-state index < -0.39 is 126 Å². The Hall–Kier alpha value is -6.10. The Balaban J connectivity index is 2.63. The van der Waals surface area contributed by atoms with Crippen LogP contribution in [0.5, 0.6) is 5.75 Å². The van der Waals surface area contributed by atoms with Crippen LogP contribution in [0.25, 0.3) is 0 Å². The quantitative estimate of drug-likeness (QED) is 0.0647. The minimum Gasteiger partial charge on any atom is -0.508 e. The lowest BCUT2D eigenvalue weighted by atomic mass is 9.91. The number of nitrogens with zero attached hydrogens (tertiary/aromatic N) is 1. The Morgan fingerprint density at radius 2 is 1.51 bits per heavy atom. The number of ketones is 2. The van der Waals surface area contributed by atoms with E-state index in [0.29, 0.717) is 12.0 Å². The Morgan fingerprint density at radius 3 is 2.10 bits per heavy atom. The summed E-state index contributed by atoms with van der Waals surface area (Å²) < 4.78 is 0. The third-order valence-corrected chi connectivity index (χ3v) is 12.5. The molecule has 1 aromatic carbocycles. The first-order valence-electron chi connectivity index (χ1n) is 23.3. The summed E-state index contributed by atoms with van der Waals surface area (Å²) in [7, 11) is 0. The second kappa shape index (κ2) is 30.4. The number of nitrogens with two attached hydrogens (primary N) is 4. The van der Waals surface area contributed by atoms with Crippen molar-refractivity contribution in [2.75, 3.05) is 31.1 Å². The van der Waals surface area contributed by atoms with Gasteiger partial charge in [-0.2, -0.15) is 11.8 Å². The molecule has 0 spiro atoms. The van der Waals surface area contributed by atoms with Gasteiger partial charge in [-0.3, -0.25) is 52.7 Å². The maximum absolute atomic E-state index is 14.5. The molecule has 0 saturated carbocycles.